The fourth-order valence-electron chi connectivity index (χ4n) is 4.38. The second-order valence-electron chi connectivity index (χ2n) is 9.85. The van der Waals surface area contributed by atoms with Gasteiger partial charge < -0.3 is 9.52 Å². The van der Waals surface area contributed by atoms with Crippen molar-refractivity contribution in [1.29, 1.82) is 0 Å². The van der Waals surface area contributed by atoms with Crippen molar-refractivity contribution in [3.05, 3.63) is 96.3 Å². The maximum absolute atomic E-state index is 13.7. The molecule has 2 aromatic carbocycles. The number of nitrogens with one attached hydrogen (secondary N) is 1. The molecule has 1 aliphatic heterocycles. The van der Waals surface area contributed by atoms with Crippen LogP contribution in [0.4, 0.5) is 5.69 Å². The van der Waals surface area contributed by atoms with E-state index >= 15 is 0 Å². The van der Waals surface area contributed by atoms with Crippen molar-refractivity contribution in [3.63, 3.8) is 0 Å². The molecule has 4 aromatic rings. The summed E-state index contributed by atoms with van der Waals surface area (Å²) in [5.41, 5.74) is -0.694. The number of benzene rings is 2. The van der Waals surface area contributed by atoms with Crippen LogP contribution in [0.25, 0.3) is 11.3 Å². The standard InChI is InChI=1S/C27H26N4O5S/c1-26(2,3)30-37(34,35)20-10-8-19(9-11-20)27(33)21-6-4-5-7-22(21)31(25(27)32)17-24-29-16-23(36-24)18-12-14-28-15-13-18/h4-16,30,33H,17H2,1-3H3. The average molecular weight is 519 g/mol. The second-order valence-corrected chi connectivity index (χ2v) is 11.5. The first-order chi connectivity index (χ1) is 17.5. The lowest BCUT2D eigenvalue weighted by Gasteiger charge is -2.24. The number of rotatable bonds is 6. The third-order valence-electron chi connectivity index (χ3n) is 5.97. The molecule has 3 heterocycles. The first-order valence-electron chi connectivity index (χ1n) is 11.6. The fraction of sp³-hybridized carbons (Fsp3) is 0.222. The highest BCUT2D eigenvalue weighted by Gasteiger charge is 2.51. The predicted octanol–water partition coefficient (Wildman–Crippen LogP) is 3.60. The van der Waals surface area contributed by atoms with E-state index in [1.54, 1.807) is 75.8 Å². The number of hydrogen-bond donors (Lipinski definition) is 2. The van der Waals surface area contributed by atoms with Crippen molar-refractivity contribution < 1.29 is 22.7 Å². The van der Waals surface area contributed by atoms with Crippen molar-refractivity contribution in [2.24, 2.45) is 0 Å². The van der Waals surface area contributed by atoms with Gasteiger partial charge in [-0.1, -0.05) is 30.3 Å². The third kappa shape index (κ3) is 4.55. The van der Waals surface area contributed by atoms with Crippen LogP contribution in [0.5, 0.6) is 0 Å². The van der Waals surface area contributed by atoms with E-state index in [4.69, 9.17) is 4.42 Å². The van der Waals surface area contributed by atoms with Crippen molar-refractivity contribution in [3.8, 4) is 11.3 Å². The van der Waals surface area contributed by atoms with E-state index < -0.39 is 27.1 Å². The normalized spacial score (nSPS) is 17.7. The van der Waals surface area contributed by atoms with Gasteiger partial charge in [-0.15, -0.1) is 0 Å². The molecule has 1 atom stereocenters. The number of nitrogens with zero attached hydrogens (tertiary/aromatic N) is 3. The summed E-state index contributed by atoms with van der Waals surface area (Å²) in [6.45, 7) is 5.25. The van der Waals surface area contributed by atoms with Gasteiger partial charge in [0.25, 0.3) is 5.91 Å². The minimum atomic E-state index is -3.78. The molecule has 1 unspecified atom stereocenters. The molecule has 0 saturated heterocycles. The summed E-state index contributed by atoms with van der Waals surface area (Å²) in [5.74, 6) is 0.253. The molecule has 9 nitrogen and oxygen atoms in total. The van der Waals surface area contributed by atoms with E-state index in [1.165, 1.54) is 29.2 Å². The molecule has 5 rings (SSSR count). The number of sulfonamides is 1. The van der Waals surface area contributed by atoms with Gasteiger partial charge in [-0.05, 0) is 56.7 Å². The highest BCUT2D eigenvalue weighted by molar-refractivity contribution is 7.89. The van der Waals surface area contributed by atoms with Gasteiger partial charge in [-0.25, -0.2) is 18.1 Å². The smallest absolute Gasteiger partial charge is 0.268 e. The first-order valence-corrected chi connectivity index (χ1v) is 13.1. The minimum absolute atomic E-state index is 0.00516. The lowest BCUT2D eigenvalue weighted by molar-refractivity contribution is -0.132. The monoisotopic (exact) mass is 518 g/mol. The summed E-state index contributed by atoms with van der Waals surface area (Å²) >= 11 is 0. The van der Waals surface area contributed by atoms with Crippen LogP contribution in [-0.4, -0.2) is 34.9 Å². The van der Waals surface area contributed by atoms with E-state index in [2.05, 4.69) is 14.7 Å². The maximum Gasteiger partial charge on any atom is 0.268 e. The van der Waals surface area contributed by atoms with E-state index in [9.17, 15) is 18.3 Å². The molecule has 1 aliphatic rings. The van der Waals surface area contributed by atoms with Crippen molar-refractivity contribution in [2.45, 2.75) is 43.4 Å². The number of carbonyl (C=O) groups is 1. The first kappa shape index (κ1) is 24.8. The molecular weight excluding hydrogens is 492 g/mol. The van der Waals surface area contributed by atoms with Gasteiger partial charge in [0.15, 0.2) is 11.4 Å². The molecule has 0 spiro atoms. The molecule has 0 saturated carbocycles. The Morgan fingerprint density at radius 3 is 2.38 bits per heavy atom. The Hall–Kier alpha value is -3.86. The number of hydrogen-bond acceptors (Lipinski definition) is 7. The highest BCUT2D eigenvalue weighted by atomic mass is 32.2. The average Bonchev–Trinajstić information content (AvgIpc) is 3.42. The number of pyridine rings is 1. The van der Waals surface area contributed by atoms with Crippen LogP contribution in [0.3, 0.4) is 0 Å². The summed E-state index contributed by atoms with van der Waals surface area (Å²) in [6.07, 6.45) is 4.87. The molecule has 1 amide bonds. The van der Waals surface area contributed by atoms with Gasteiger partial charge in [-0.3, -0.25) is 14.7 Å². The van der Waals surface area contributed by atoms with Crippen LogP contribution in [0, 0.1) is 0 Å². The Morgan fingerprint density at radius 1 is 1.03 bits per heavy atom. The molecular formula is C27H26N4O5S. The Morgan fingerprint density at radius 2 is 1.70 bits per heavy atom. The van der Waals surface area contributed by atoms with Crippen LogP contribution in [0.1, 0.15) is 37.8 Å². The number of fused-ring (bicyclic) bond motifs is 1. The number of anilines is 1. The number of amides is 1. The van der Waals surface area contributed by atoms with Gasteiger partial charge >= 0.3 is 0 Å². The SMILES string of the molecule is CC(C)(C)NS(=O)(=O)c1ccc(C2(O)C(=O)N(Cc3ncc(-c4ccncc4)o3)c3ccccc32)cc1. The number of para-hydroxylation sites is 1. The van der Waals surface area contributed by atoms with E-state index in [-0.39, 0.29) is 17.0 Å². The number of aromatic nitrogens is 2. The highest BCUT2D eigenvalue weighted by Crippen LogP contribution is 2.45. The molecule has 0 fully saturated rings. The van der Waals surface area contributed by atoms with E-state index in [0.717, 1.165) is 5.56 Å². The van der Waals surface area contributed by atoms with Crippen LogP contribution < -0.4 is 9.62 Å². The zero-order chi connectivity index (χ0) is 26.4. The minimum Gasteiger partial charge on any atom is -0.439 e. The number of aliphatic hydroxyl groups is 1. The molecule has 10 heteroatoms. The third-order valence-corrected chi connectivity index (χ3v) is 7.75. The largest absolute Gasteiger partial charge is 0.439 e. The number of carbonyl (C=O) groups excluding carboxylic acids is 1. The predicted molar refractivity (Wildman–Crippen MR) is 137 cm³/mol. The Bertz CT molecular complexity index is 1560. The lowest BCUT2D eigenvalue weighted by Crippen LogP contribution is -2.41. The van der Waals surface area contributed by atoms with Gasteiger partial charge in [0.05, 0.1) is 16.8 Å². The molecule has 0 aliphatic carbocycles. The van der Waals surface area contributed by atoms with Crippen LogP contribution >= 0.6 is 0 Å². The van der Waals surface area contributed by atoms with Gasteiger partial charge in [-0.2, -0.15) is 0 Å². The molecule has 0 radical (unpaired) electrons. The van der Waals surface area contributed by atoms with Crippen LogP contribution in [0.2, 0.25) is 0 Å². The zero-order valence-electron chi connectivity index (χ0n) is 20.5. The summed E-state index contributed by atoms with van der Waals surface area (Å²) in [4.78, 5) is 23.5. The summed E-state index contributed by atoms with van der Waals surface area (Å²) in [6, 6.07) is 16.2. The fourth-order valence-corrected chi connectivity index (χ4v) is 5.79. The second kappa shape index (κ2) is 8.91. The summed E-state index contributed by atoms with van der Waals surface area (Å²) in [5, 5.41) is 11.8. The number of oxazole rings is 1. The Balaban J connectivity index is 1.47. The topological polar surface area (TPSA) is 126 Å². The Labute approximate surface area is 214 Å². The molecule has 37 heavy (non-hydrogen) atoms. The lowest BCUT2D eigenvalue weighted by atomic mass is 9.87. The van der Waals surface area contributed by atoms with Crippen LogP contribution in [0.15, 0.2) is 88.6 Å². The Kier molecular flexibility index (Phi) is 5.98. The van der Waals surface area contributed by atoms with Crippen molar-refractivity contribution in [2.75, 3.05) is 4.90 Å². The molecule has 2 aromatic heterocycles. The molecule has 190 valence electrons. The van der Waals surface area contributed by atoms with Crippen molar-refractivity contribution >= 4 is 21.6 Å². The quantitative estimate of drug-likeness (QED) is 0.399. The summed E-state index contributed by atoms with van der Waals surface area (Å²) < 4.78 is 33.9. The zero-order valence-corrected chi connectivity index (χ0v) is 21.4. The van der Waals surface area contributed by atoms with Crippen LogP contribution in [-0.2, 0) is 27.0 Å². The molecule has 2 N–H and O–H groups in total. The molecule has 0 bridgehead atoms. The van der Waals surface area contributed by atoms with Gasteiger partial charge in [0.1, 0.15) is 6.54 Å². The van der Waals surface area contributed by atoms with E-state index in [1.807, 2.05) is 0 Å². The van der Waals surface area contributed by atoms with Crippen molar-refractivity contribution in [1.82, 2.24) is 14.7 Å². The summed E-state index contributed by atoms with van der Waals surface area (Å²) in [7, 11) is -3.78. The maximum atomic E-state index is 13.7. The van der Waals surface area contributed by atoms with Gasteiger partial charge in [0.2, 0.25) is 15.9 Å². The van der Waals surface area contributed by atoms with Gasteiger partial charge in [0, 0.05) is 29.1 Å². The van der Waals surface area contributed by atoms with E-state index in [0.29, 0.717) is 22.9 Å².